The van der Waals surface area contributed by atoms with E-state index in [9.17, 15) is 27.2 Å². The van der Waals surface area contributed by atoms with Crippen molar-refractivity contribution in [2.75, 3.05) is 76.1 Å². The zero-order valence-electron chi connectivity index (χ0n) is 35.0. The standard InChI is InChI=1S/C45H56ClF4N9O3/c1-30-5-13-39-42(30)43(57-29-56-39)58-19-21-59(22-20-58)44(61)36(32-7-9-34(46)10-8-32)26-54-17-18-55-41(60)27-53-16-4-2-3-15-52-25-33-24-35(51)11-14-40(33)62-28-31-6-12-38(47)37(23-31)45(48,49)50/h6-12,14,23-24,29-30,36,52-54H,2-5,13,15-22,25-28,51H2,1H3,(H,55,60). The van der Waals surface area contributed by atoms with Gasteiger partial charge in [-0.25, -0.2) is 14.4 Å². The van der Waals surface area contributed by atoms with E-state index < -0.39 is 23.5 Å². The van der Waals surface area contributed by atoms with Crippen molar-refractivity contribution in [2.45, 2.75) is 70.2 Å². The summed E-state index contributed by atoms with van der Waals surface area (Å²) in [6, 6.07) is 15.3. The smallest absolute Gasteiger partial charge is 0.419 e. The summed E-state index contributed by atoms with van der Waals surface area (Å²) in [5.74, 6) is 0.117. The Balaban J connectivity index is 0.838. The van der Waals surface area contributed by atoms with E-state index in [2.05, 4.69) is 43.1 Å². The monoisotopic (exact) mass is 881 g/mol. The number of carbonyl (C=O) groups excluding carboxylic acids is 2. The lowest BCUT2D eigenvalue weighted by atomic mass is 9.97. The SMILES string of the molecule is CC1CCc2ncnc(N3CCN(C(=O)C(CNCCNC(=O)CNCCCCCNCc4cc(N)ccc4OCc4ccc(F)c(C(F)(F)F)c4)c4ccc(Cl)cc4)CC3)c21. The van der Waals surface area contributed by atoms with Crippen LogP contribution in [0.25, 0.3) is 0 Å². The number of rotatable bonds is 21. The summed E-state index contributed by atoms with van der Waals surface area (Å²) in [5, 5.41) is 13.4. The molecule has 0 bridgehead atoms. The van der Waals surface area contributed by atoms with Crippen LogP contribution in [-0.4, -0.2) is 92.1 Å². The third-order valence-corrected chi connectivity index (χ3v) is 11.6. The van der Waals surface area contributed by atoms with E-state index in [0.717, 1.165) is 66.9 Å². The molecule has 6 N–H and O–H groups in total. The minimum absolute atomic E-state index is 0.0564. The molecule has 1 saturated heterocycles. The first kappa shape index (κ1) is 46.5. The molecule has 6 rings (SSSR count). The van der Waals surface area contributed by atoms with E-state index in [4.69, 9.17) is 22.1 Å². The molecule has 2 heterocycles. The average molecular weight is 882 g/mol. The van der Waals surface area contributed by atoms with Crippen molar-refractivity contribution in [3.63, 3.8) is 0 Å². The van der Waals surface area contributed by atoms with Crippen LogP contribution in [0.15, 0.2) is 67.0 Å². The van der Waals surface area contributed by atoms with Crippen LogP contribution in [0.4, 0.5) is 29.1 Å². The summed E-state index contributed by atoms with van der Waals surface area (Å²) >= 11 is 6.18. The number of nitrogens with one attached hydrogen (secondary N) is 4. The number of hydrogen-bond acceptors (Lipinski definition) is 10. The lowest BCUT2D eigenvalue weighted by Crippen LogP contribution is -2.51. The number of carbonyl (C=O) groups is 2. The van der Waals surface area contributed by atoms with Crippen LogP contribution in [-0.2, 0) is 35.3 Å². The highest BCUT2D eigenvalue weighted by Crippen LogP contribution is 2.37. The van der Waals surface area contributed by atoms with Gasteiger partial charge in [0, 0.05) is 79.9 Å². The fraction of sp³-hybridized carbons (Fsp3) is 0.467. The molecule has 1 aliphatic carbocycles. The molecular weight excluding hydrogens is 826 g/mol. The topological polar surface area (TPSA) is 150 Å². The maximum atomic E-state index is 14.0. The number of nitrogens with two attached hydrogens (primary N) is 1. The molecule has 4 aromatic rings. The van der Waals surface area contributed by atoms with Crippen LogP contribution in [0, 0.1) is 5.82 Å². The van der Waals surface area contributed by atoms with Crippen molar-refractivity contribution in [1.29, 1.82) is 0 Å². The number of fused-ring (bicyclic) bond motifs is 1. The van der Waals surface area contributed by atoms with Gasteiger partial charge in [-0.2, -0.15) is 13.2 Å². The molecule has 2 atom stereocenters. The van der Waals surface area contributed by atoms with Crippen LogP contribution in [0.2, 0.25) is 5.02 Å². The summed E-state index contributed by atoms with van der Waals surface area (Å²) in [5.41, 5.74) is 9.38. The van der Waals surface area contributed by atoms with Crippen molar-refractivity contribution in [3.8, 4) is 5.75 Å². The number of benzene rings is 3. The van der Waals surface area contributed by atoms with Gasteiger partial charge in [-0.15, -0.1) is 0 Å². The molecular formula is C45H56ClF4N9O3. The lowest BCUT2D eigenvalue weighted by Gasteiger charge is -2.38. The van der Waals surface area contributed by atoms with Crippen molar-refractivity contribution >= 4 is 34.9 Å². The number of amides is 2. The Morgan fingerprint density at radius 3 is 2.44 bits per heavy atom. The van der Waals surface area contributed by atoms with Crippen molar-refractivity contribution < 1.29 is 31.9 Å². The number of anilines is 2. The summed E-state index contributed by atoms with van der Waals surface area (Å²) < 4.78 is 58.9. The molecule has 1 aromatic heterocycles. The van der Waals surface area contributed by atoms with Gasteiger partial charge in [-0.1, -0.05) is 43.1 Å². The van der Waals surface area contributed by atoms with Crippen LogP contribution in [0.1, 0.15) is 78.0 Å². The number of halogens is 5. The first-order valence-corrected chi connectivity index (χ1v) is 21.6. The van der Waals surface area contributed by atoms with E-state index in [-0.39, 0.29) is 30.5 Å². The number of aromatic nitrogens is 2. The summed E-state index contributed by atoms with van der Waals surface area (Å²) in [6.45, 7) is 8.03. The largest absolute Gasteiger partial charge is 0.489 e. The fourth-order valence-corrected chi connectivity index (χ4v) is 8.02. The van der Waals surface area contributed by atoms with Gasteiger partial charge in [-0.05, 0) is 98.3 Å². The molecule has 0 saturated carbocycles. The van der Waals surface area contributed by atoms with Crippen LogP contribution in [0.5, 0.6) is 5.75 Å². The minimum atomic E-state index is -4.80. The van der Waals surface area contributed by atoms with Gasteiger partial charge < -0.3 is 41.5 Å². The molecule has 17 heteroatoms. The molecule has 1 aliphatic heterocycles. The maximum absolute atomic E-state index is 14.0. The lowest BCUT2D eigenvalue weighted by molar-refractivity contribution is -0.140. The molecule has 334 valence electrons. The van der Waals surface area contributed by atoms with E-state index in [0.29, 0.717) is 87.8 Å². The fourth-order valence-electron chi connectivity index (χ4n) is 7.90. The Hall–Kier alpha value is -5.03. The Kier molecular flexibility index (Phi) is 16.8. The van der Waals surface area contributed by atoms with Gasteiger partial charge in [0.1, 0.15) is 30.3 Å². The minimum Gasteiger partial charge on any atom is -0.489 e. The van der Waals surface area contributed by atoms with Gasteiger partial charge in [0.15, 0.2) is 0 Å². The number of ether oxygens (including phenoxy) is 1. The second-order valence-electron chi connectivity index (χ2n) is 15.8. The van der Waals surface area contributed by atoms with E-state index in [1.807, 2.05) is 17.0 Å². The second kappa shape index (κ2) is 22.4. The first-order valence-electron chi connectivity index (χ1n) is 21.3. The summed E-state index contributed by atoms with van der Waals surface area (Å²) in [6.07, 6.45) is 1.60. The van der Waals surface area contributed by atoms with Gasteiger partial charge >= 0.3 is 6.18 Å². The highest BCUT2D eigenvalue weighted by molar-refractivity contribution is 6.30. The number of aryl methyl sites for hydroxylation is 1. The first-order chi connectivity index (χ1) is 29.9. The third kappa shape index (κ3) is 13.0. The Morgan fingerprint density at radius 1 is 0.919 bits per heavy atom. The normalized spacial score (nSPS) is 15.7. The molecule has 3 aromatic carbocycles. The molecule has 0 spiro atoms. The Bertz CT molecular complexity index is 2100. The predicted molar refractivity (Wildman–Crippen MR) is 233 cm³/mol. The Labute approximate surface area is 365 Å². The van der Waals surface area contributed by atoms with Crippen molar-refractivity contribution in [2.24, 2.45) is 0 Å². The van der Waals surface area contributed by atoms with E-state index in [1.54, 1.807) is 36.7 Å². The maximum Gasteiger partial charge on any atom is 0.419 e. The van der Waals surface area contributed by atoms with Gasteiger partial charge in [0.2, 0.25) is 11.8 Å². The summed E-state index contributed by atoms with van der Waals surface area (Å²) in [4.78, 5) is 39.8. The van der Waals surface area contributed by atoms with Gasteiger partial charge in [-0.3, -0.25) is 9.59 Å². The predicted octanol–water partition coefficient (Wildman–Crippen LogP) is 6.19. The van der Waals surface area contributed by atoms with E-state index in [1.165, 1.54) is 11.6 Å². The average Bonchev–Trinajstić information content (AvgIpc) is 3.64. The zero-order chi connectivity index (χ0) is 44.1. The van der Waals surface area contributed by atoms with Crippen LogP contribution < -0.4 is 36.6 Å². The number of unbranched alkanes of at least 4 members (excludes halogenated alkanes) is 2. The van der Waals surface area contributed by atoms with Crippen molar-refractivity contribution in [1.82, 2.24) is 36.1 Å². The highest BCUT2D eigenvalue weighted by Gasteiger charge is 2.35. The van der Waals surface area contributed by atoms with Gasteiger partial charge in [0.05, 0.1) is 18.0 Å². The highest BCUT2D eigenvalue weighted by atomic mass is 35.5. The molecule has 62 heavy (non-hydrogen) atoms. The van der Waals surface area contributed by atoms with Crippen LogP contribution >= 0.6 is 11.6 Å². The molecule has 2 aliphatic rings. The number of nitrogen functional groups attached to an aromatic ring is 1. The van der Waals surface area contributed by atoms with E-state index >= 15 is 0 Å². The molecule has 0 radical (unpaired) electrons. The Morgan fingerprint density at radius 2 is 1.68 bits per heavy atom. The third-order valence-electron chi connectivity index (χ3n) is 11.3. The number of hydrogen-bond donors (Lipinski definition) is 5. The van der Waals surface area contributed by atoms with Crippen LogP contribution in [0.3, 0.4) is 0 Å². The second-order valence-corrected chi connectivity index (χ2v) is 16.3. The molecule has 1 fully saturated rings. The summed E-state index contributed by atoms with van der Waals surface area (Å²) in [7, 11) is 0. The molecule has 12 nitrogen and oxygen atoms in total. The van der Waals surface area contributed by atoms with Gasteiger partial charge in [0.25, 0.3) is 0 Å². The number of piperazine rings is 1. The molecule has 2 unspecified atom stereocenters. The zero-order valence-corrected chi connectivity index (χ0v) is 35.8. The quantitative estimate of drug-likeness (QED) is 0.0373. The number of alkyl halides is 3. The number of nitrogens with zero attached hydrogens (tertiary/aromatic N) is 4. The van der Waals surface area contributed by atoms with Crippen molar-refractivity contribution in [3.05, 3.63) is 111 Å². The molecule has 2 amide bonds.